The van der Waals surface area contributed by atoms with Gasteiger partial charge in [-0.15, -0.1) is 0 Å². The molecular formula is C51H33NO2. The summed E-state index contributed by atoms with van der Waals surface area (Å²) in [6, 6.07) is 71.7. The van der Waals surface area contributed by atoms with Crippen LogP contribution < -0.4 is 14.4 Å². The zero-order chi connectivity index (χ0) is 35.6. The van der Waals surface area contributed by atoms with E-state index >= 15 is 0 Å². The number of hydrogen-bond acceptors (Lipinski definition) is 3. The lowest BCUT2D eigenvalue weighted by Crippen LogP contribution is -2.28. The van der Waals surface area contributed by atoms with Gasteiger partial charge in [0.25, 0.3) is 0 Å². The minimum absolute atomic E-state index is 0.519. The second-order valence-corrected chi connectivity index (χ2v) is 14.1. The van der Waals surface area contributed by atoms with E-state index in [0.29, 0.717) is 23.0 Å². The van der Waals surface area contributed by atoms with Crippen molar-refractivity contribution in [2.45, 2.75) is 5.41 Å². The van der Waals surface area contributed by atoms with Crippen molar-refractivity contribution in [2.24, 2.45) is 0 Å². The van der Waals surface area contributed by atoms with Crippen molar-refractivity contribution < 1.29 is 9.47 Å². The largest absolute Gasteiger partial charge is 0.450 e. The Morgan fingerprint density at radius 1 is 0.333 bits per heavy atom. The number of anilines is 3. The van der Waals surface area contributed by atoms with Crippen molar-refractivity contribution in [1.82, 2.24) is 0 Å². The molecule has 1 heterocycles. The predicted octanol–water partition coefficient (Wildman–Crippen LogP) is 13.7. The van der Waals surface area contributed by atoms with Crippen molar-refractivity contribution >= 4 is 38.6 Å². The van der Waals surface area contributed by atoms with Crippen molar-refractivity contribution in [2.75, 3.05) is 4.90 Å². The second kappa shape index (κ2) is 12.0. The SMILES string of the molecule is c1ccc(C2(c3ccccc3)c3ccccc3-c3ccc(N(c4ccc5c(c4)Oc4ccccc4O5)c4ccc5c(ccc6ccccc65)c4)cc32)cc1. The van der Waals surface area contributed by atoms with Gasteiger partial charge in [0.05, 0.1) is 11.1 Å². The standard InChI is InChI=1S/C51H33NO2/c1-3-14-36(15-4-1)51(37-16-5-2-6-17-37)45-20-10-9-19-43(45)44-29-26-39(32-46(44)51)52(38-25-28-42-35(31-38)24-23-34-13-7-8-18-41(34)42)40-27-30-49-50(33-40)54-48-22-12-11-21-47(48)53-49/h1-33H. The van der Waals surface area contributed by atoms with E-state index in [1.807, 2.05) is 30.3 Å². The van der Waals surface area contributed by atoms with Crippen LogP contribution in [0, 0.1) is 0 Å². The molecule has 0 radical (unpaired) electrons. The molecule has 0 aromatic heterocycles. The Labute approximate surface area is 313 Å². The Morgan fingerprint density at radius 3 is 1.67 bits per heavy atom. The van der Waals surface area contributed by atoms with Crippen LogP contribution in [0.3, 0.4) is 0 Å². The highest BCUT2D eigenvalue weighted by atomic mass is 16.6. The van der Waals surface area contributed by atoms with Gasteiger partial charge in [0.1, 0.15) is 0 Å². The van der Waals surface area contributed by atoms with Gasteiger partial charge in [0.2, 0.25) is 0 Å². The number of hydrogen-bond donors (Lipinski definition) is 0. The highest BCUT2D eigenvalue weighted by molar-refractivity contribution is 6.08. The first kappa shape index (κ1) is 30.5. The first-order valence-electron chi connectivity index (χ1n) is 18.4. The molecule has 9 aromatic carbocycles. The number of benzene rings is 9. The molecular weight excluding hydrogens is 659 g/mol. The number of ether oxygens (including phenoxy) is 2. The molecule has 0 N–H and O–H groups in total. The van der Waals surface area contributed by atoms with E-state index in [0.717, 1.165) is 17.1 Å². The number of para-hydroxylation sites is 2. The maximum atomic E-state index is 6.47. The lowest BCUT2D eigenvalue weighted by atomic mass is 9.67. The lowest BCUT2D eigenvalue weighted by molar-refractivity contribution is 0.360. The lowest BCUT2D eigenvalue weighted by Gasteiger charge is -2.35. The fourth-order valence-corrected chi connectivity index (χ4v) is 8.81. The molecule has 3 nitrogen and oxygen atoms in total. The summed E-state index contributed by atoms with van der Waals surface area (Å²) in [6.07, 6.45) is 0. The van der Waals surface area contributed by atoms with Crippen LogP contribution in [0.1, 0.15) is 22.3 Å². The topological polar surface area (TPSA) is 21.7 Å². The fraction of sp³-hybridized carbons (Fsp3) is 0.0196. The first-order chi connectivity index (χ1) is 26.8. The Morgan fingerprint density at radius 2 is 0.870 bits per heavy atom. The Balaban J connectivity index is 1.16. The van der Waals surface area contributed by atoms with E-state index in [2.05, 4.69) is 175 Å². The summed E-state index contributed by atoms with van der Waals surface area (Å²) >= 11 is 0. The monoisotopic (exact) mass is 691 g/mol. The number of fused-ring (bicyclic) bond motifs is 8. The van der Waals surface area contributed by atoms with E-state index in [-0.39, 0.29) is 0 Å². The normalized spacial score (nSPS) is 13.3. The van der Waals surface area contributed by atoms with Gasteiger partial charge in [-0.3, -0.25) is 0 Å². The Bertz CT molecular complexity index is 2860. The summed E-state index contributed by atoms with van der Waals surface area (Å²) in [5.74, 6) is 2.79. The third kappa shape index (κ3) is 4.55. The molecule has 0 bridgehead atoms. The van der Waals surface area contributed by atoms with Crippen LogP contribution in [0.25, 0.3) is 32.7 Å². The molecule has 0 amide bonds. The van der Waals surface area contributed by atoms with Crippen molar-refractivity contribution in [3.8, 4) is 34.1 Å². The molecule has 54 heavy (non-hydrogen) atoms. The van der Waals surface area contributed by atoms with Crippen molar-refractivity contribution in [3.05, 3.63) is 222 Å². The van der Waals surface area contributed by atoms with Gasteiger partial charge in [0.15, 0.2) is 23.0 Å². The van der Waals surface area contributed by atoms with Crippen molar-refractivity contribution in [3.63, 3.8) is 0 Å². The molecule has 0 spiro atoms. The predicted molar refractivity (Wildman–Crippen MR) is 220 cm³/mol. The molecule has 11 rings (SSSR count). The van der Waals surface area contributed by atoms with Crippen LogP contribution >= 0.6 is 0 Å². The summed E-state index contributed by atoms with van der Waals surface area (Å²) < 4.78 is 12.8. The van der Waals surface area contributed by atoms with Gasteiger partial charge in [-0.05, 0) is 103 Å². The zero-order valence-electron chi connectivity index (χ0n) is 29.3. The quantitative estimate of drug-likeness (QED) is 0.168. The van der Waals surface area contributed by atoms with E-state index in [1.54, 1.807) is 0 Å². The molecule has 1 aliphatic heterocycles. The van der Waals surface area contributed by atoms with Gasteiger partial charge in [0, 0.05) is 17.4 Å². The molecule has 0 fully saturated rings. The zero-order valence-corrected chi connectivity index (χ0v) is 29.3. The molecule has 0 saturated heterocycles. The summed E-state index contributed by atoms with van der Waals surface area (Å²) in [4.78, 5) is 2.35. The summed E-state index contributed by atoms with van der Waals surface area (Å²) in [7, 11) is 0. The van der Waals surface area contributed by atoms with Gasteiger partial charge in [-0.1, -0.05) is 146 Å². The first-order valence-corrected chi connectivity index (χ1v) is 18.4. The van der Waals surface area contributed by atoms with Crippen molar-refractivity contribution in [1.29, 1.82) is 0 Å². The maximum absolute atomic E-state index is 6.47. The number of nitrogens with zero attached hydrogens (tertiary/aromatic N) is 1. The average molecular weight is 692 g/mol. The minimum Gasteiger partial charge on any atom is -0.450 e. The summed E-state index contributed by atoms with van der Waals surface area (Å²) in [5.41, 5.74) is 10.1. The average Bonchev–Trinajstić information content (AvgIpc) is 3.54. The smallest absolute Gasteiger partial charge is 0.172 e. The number of rotatable bonds is 5. The molecule has 0 unspecified atom stereocenters. The Hall–Kier alpha value is -7.10. The maximum Gasteiger partial charge on any atom is 0.172 e. The van der Waals surface area contributed by atoms with Gasteiger partial charge < -0.3 is 14.4 Å². The van der Waals surface area contributed by atoms with Crippen LogP contribution in [-0.4, -0.2) is 0 Å². The van der Waals surface area contributed by atoms with E-state index in [9.17, 15) is 0 Å². The highest BCUT2D eigenvalue weighted by Crippen LogP contribution is 2.57. The van der Waals surface area contributed by atoms with Gasteiger partial charge >= 0.3 is 0 Å². The third-order valence-corrected chi connectivity index (χ3v) is 11.2. The molecule has 9 aromatic rings. The van der Waals surface area contributed by atoms with Gasteiger partial charge in [-0.2, -0.15) is 0 Å². The van der Waals surface area contributed by atoms with Crippen LogP contribution in [0.15, 0.2) is 200 Å². The molecule has 0 atom stereocenters. The van der Waals surface area contributed by atoms with Crippen LogP contribution in [0.4, 0.5) is 17.1 Å². The second-order valence-electron chi connectivity index (χ2n) is 14.1. The Kier molecular flexibility index (Phi) is 6.77. The molecule has 0 saturated carbocycles. The molecule has 3 heteroatoms. The van der Waals surface area contributed by atoms with Crippen LogP contribution in [0.5, 0.6) is 23.0 Å². The van der Waals surface area contributed by atoms with E-state index in [4.69, 9.17) is 9.47 Å². The van der Waals surface area contributed by atoms with E-state index < -0.39 is 5.41 Å². The van der Waals surface area contributed by atoms with E-state index in [1.165, 1.54) is 54.9 Å². The highest BCUT2D eigenvalue weighted by Gasteiger charge is 2.46. The summed E-state index contributed by atoms with van der Waals surface area (Å²) in [5, 5.41) is 4.89. The minimum atomic E-state index is -0.519. The van der Waals surface area contributed by atoms with Gasteiger partial charge in [-0.25, -0.2) is 0 Å². The van der Waals surface area contributed by atoms with Crippen LogP contribution in [0.2, 0.25) is 0 Å². The fourth-order valence-electron chi connectivity index (χ4n) is 8.81. The molecule has 1 aliphatic carbocycles. The third-order valence-electron chi connectivity index (χ3n) is 11.2. The molecule has 2 aliphatic rings. The summed E-state index contributed by atoms with van der Waals surface area (Å²) in [6.45, 7) is 0. The van der Waals surface area contributed by atoms with Crippen LogP contribution in [-0.2, 0) is 5.41 Å². The molecule has 254 valence electrons.